The lowest BCUT2D eigenvalue weighted by Crippen LogP contribution is -2.24. The number of hydrogen-bond acceptors (Lipinski definition) is 3. The number of nitrogens with two attached hydrogens (primary N) is 1. The monoisotopic (exact) mass is 238 g/mol. The van der Waals surface area contributed by atoms with E-state index < -0.39 is 10.0 Å². The van der Waals surface area contributed by atoms with E-state index in [0.717, 1.165) is 0 Å². The van der Waals surface area contributed by atoms with Gasteiger partial charge in [-0.3, -0.25) is 0 Å². The molecule has 0 aliphatic rings. The Morgan fingerprint density at radius 2 is 2.19 bits per heavy atom. The van der Waals surface area contributed by atoms with Crippen LogP contribution < -0.4 is 10.5 Å². The van der Waals surface area contributed by atoms with Gasteiger partial charge in [-0.25, -0.2) is 13.1 Å². The summed E-state index contributed by atoms with van der Waals surface area (Å²) in [6, 6.07) is 6.18. The molecule has 0 unspecified atom stereocenters. The second-order valence-electron chi connectivity index (χ2n) is 3.15. The molecule has 16 heavy (non-hydrogen) atoms. The van der Waals surface area contributed by atoms with E-state index in [1.807, 2.05) is 0 Å². The lowest BCUT2D eigenvalue weighted by atomic mass is 10.3. The molecule has 1 aromatic rings. The number of nitrogens with one attached hydrogen (secondary N) is 1. The SMILES string of the molecule is CC#CCCNS(=O)(=O)c1cccc(N)c1. The van der Waals surface area contributed by atoms with Crippen molar-refractivity contribution in [2.75, 3.05) is 12.3 Å². The summed E-state index contributed by atoms with van der Waals surface area (Å²) in [5, 5.41) is 0. The Kier molecular flexibility index (Phi) is 4.35. The molecule has 1 aromatic carbocycles. The van der Waals surface area contributed by atoms with Gasteiger partial charge in [-0.15, -0.1) is 11.8 Å². The van der Waals surface area contributed by atoms with E-state index in [2.05, 4.69) is 16.6 Å². The van der Waals surface area contributed by atoms with Crippen LogP contribution in [0.4, 0.5) is 5.69 Å². The van der Waals surface area contributed by atoms with Crippen LogP contribution in [0.25, 0.3) is 0 Å². The standard InChI is InChI=1S/C11H14N2O2S/c1-2-3-4-8-13-16(14,15)11-7-5-6-10(12)9-11/h5-7,9,13H,4,8,12H2,1H3. The van der Waals surface area contributed by atoms with Crippen LogP contribution in [-0.2, 0) is 10.0 Å². The fourth-order valence-electron chi connectivity index (χ4n) is 1.14. The van der Waals surface area contributed by atoms with Gasteiger partial charge in [0.1, 0.15) is 0 Å². The maximum absolute atomic E-state index is 11.7. The van der Waals surface area contributed by atoms with Crippen molar-refractivity contribution in [1.29, 1.82) is 0 Å². The van der Waals surface area contributed by atoms with Crippen LogP contribution in [0, 0.1) is 11.8 Å². The maximum atomic E-state index is 11.7. The summed E-state index contributed by atoms with van der Waals surface area (Å²) in [4.78, 5) is 0.178. The molecule has 0 bridgehead atoms. The number of hydrogen-bond donors (Lipinski definition) is 2. The lowest BCUT2D eigenvalue weighted by molar-refractivity contribution is 0.582. The van der Waals surface area contributed by atoms with Gasteiger partial charge in [-0.05, 0) is 25.1 Å². The van der Waals surface area contributed by atoms with Crippen LogP contribution in [0.5, 0.6) is 0 Å². The fraction of sp³-hybridized carbons (Fsp3) is 0.273. The molecular weight excluding hydrogens is 224 g/mol. The predicted molar refractivity (Wildman–Crippen MR) is 64.1 cm³/mol. The highest BCUT2D eigenvalue weighted by molar-refractivity contribution is 7.89. The van der Waals surface area contributed by atoms with Crippen LogP contribution in [0.2, 0.25) is 0 Å². The average Bonchev–Trinajstić information content (AvgIpc) is 2.24. The van der Waals surface area contributed by atoms with E-state index in [0.29, 0.717) is 18.7 Å². The first-order valence-electron chi connectivity index (χ1n) is 4.81. The Bertz CT molecular complexity index is 512. The Labute approximate surface area is 95.9 Å². The third-order valence-corrected chi connectivity index (χ3v) is 3.35. The van der Waals surface area contributed by atoms with Crippen molar-refractivity contribution < 1.29 is 8.42 Å². The number of benzene rings is 1. The van der Waals surface area contributed by atoms with Gasteiger partial charge in [0.2, 0.25) is 10.0 Å². The molecule has 0 aliphatic carbocycles. The van der Waals surface area contributed by atoms with Gasteiger partial charge in [-0.2, -0.15) is 0 Å². The highest BCUT2D eigenvalue weighted by atomic mass is 32.2. The summed E-state index contributed by atoms with van der Waals surface area (Å²) in [6.07, 6.45) is 0.498. The van der Waals surface area contributed by atoms with Crippen LogP contribution in [0.15, 0.2) is 29.2 Å². The van der Waals surface area contributed by atoms with E-state index in [1.165, 1.54) is 12.1 Å². The van der Waals surface area contributed by atoms with E-state index in [1.54, 1.807) is 19.1 Å². The Morgan fingerprint density at radius 1 is 1.44 bits per heavy atom. The van der Waals surface area contributed by atoms with Gasteiger partial charge in [0.05, 0.1) is 4.90 Å². The Morgan fingerprint density at radius 3 is 2.81 bits per heavy atom. The van der Waals surface area contributed by atoms with E-state index in [9.17, 15) is 8.42 Å². The van der Waals surface area contributed by atoms with Crippen molar-refractivity contribution in [3.8, 4) is 11.8 Å². The van der Waals surface area contributed by atoms with Crippen molar-refractivity contribution in [3.05, 3.63) is 24.3 Å². The van der Waals surface area contributed by atoms with E-state index in [4.69, 9.17) is 5.73 Å². The molecule has 0 fully saturated rings. The number of anilines is 1. The molecular formula is C11H14N2O2S. The molecule has 86 valence electrons. The molecule has 0 radical (unpaired) electrons. The van der Waals surface area contributed by atoms with Gasteiger partial charge >= 0.3 is 0 Å². The Hall–Kier alpha value is -1.51. The zero-order valence-corrected chi connectivity index (χ0v) is 9.84. The second kappa shape index (κ2) is 5.54. The summed E-state index contributed by atoms with van der Waals surface area (Å²) >= 11 is 0. The third-order valence-electron chi connectivity index (χ3n) is 1.89. The first kappa shape index (κ1) is 12.6. The molecule has 0 aliphatic heterocycles. The summed E-state index contributed by atoms with van der Waals surface area (Å²) in [5.74, 6) is 5.48. The molecule has 0 aromatic heterocycles. The van der Waals surface area contributed by atoms with Gasteiger partial charge in [0.25, 0.3) is 0 Å². The largest absolute Gasteiger partial charge is 0.399 e. The van der Waals surface area contributed by atoms with Crippen molar-refractivity contribution in [3.63, 3.8) is 0 Å². The molecule has 1 rings (SSSR count). The minimum absolute atomic E-state index is 0.178. The van der Waals surface area contributed by atoms with Gasteiger partial charge < -0.3 is 5.73 Å². The maximum Gasteiger partial charge on any atom is 0.240 e. The number of rotatable bonds is 4. The minimum atomic E-state index is -3.46. The quantitative estimate of drug-likeness (QED) is 0.466. The first-order chi connectivity index (χ1) is 7.56. The molecule has 5 heteroatoms. The average molecular weight is 238 g/mol. The number of nitrogen functional groups attached to an aromatic ring is 1. The molecule has 0 saturated heterocycles. The normalized spacial score (nSPS) is 10.6. The number of sulfonamides is 1. The minimum Gasteiger partial charge on any atom is -0.399 e. The highest BCUT2D eigenvalue weighted by Crippen LogP contribution is 2.12. The summed E-state index contributed by atoms with van der Waals surface area (Å²) < 4.78 is 25.9. The second-order valence-corrected chi connectivity index (χ2v) is 4.91. The topological polar surface area (TPSA) is 72.2 Å². The molecule has 0 spiro atoms. The zero-order chi connectivity index (χ0) is 12.0. The predicted octanol–water partition coefficient (Wildman–Crippen LogP) is 0.961. The fourth-order valence-corrected chi connectivity index (χ4v) is 2.22. The molecule has 0 heterocycles. The highest BCUT2D eigenvalue weighted by Gasteiger charge is 2.12. The van der Waals surface area contributed by atoms with Crippen LogP contribution in [-0.4, -0.2) is 15.0 Å². The van der Waals surface area contributed by atoms with Crippen LogP contribution >= 0.6 is 0 Å². The lowest BCUT2D eigenvalue weighted by Gasteiger charge is -2.05. The molecule has 3 N–H and O–H groups in total. The van der Waals surface area contributed by atoms with Gasteiger partial charge in [0.15, 0.2) is 0 Å². The van der Waals surface area contributed by atoms with E-state index >= 15 is 0 Å². The zero-order valence-electron chi connectivity index (χ0n) is 9.03. The Balaban J connectivity index is 2.73. The summed E-state index contributed by atoms with van der Waals surface area (Å²) in [7, 11) is -3.46. The van der Waals surface area contributed by atoms with Crippen molar-refractivity contribution in [1.82, 2.24) is 4.72 Å². The first-order valence-corrected chi connectivity index (χ1v) is 6.29. The molecule has 0 atom stereocenters. The van der Waals surface area contributed by atoms with Gasteiger partial charge in [0, 0.05) is 18.7 Å². The van der Waals surface area contributed by atoms with Crippen molar-refractivity contribution >= 4 is 15.7 Å². The smallest absolute Gasteiger partial charge is 0.240 e. The molecule has 4 nitrogen and oxygen atoms in total. The van der Waals surface area contributed by atoms with Gasteiger partial charge in [-0.1, -0.05) is 6.07 Å². The van der Waals surface area contributed by atoms with Crippen molar-refractivity contribution in [2.45, 2.75) is 18.2 Å². The third kappa shape index (κ3) is 3.57. The molecule has 0 saturated carbocycles. The summed E-state index contributed by atoms with van der Waals surface area (Å²) in [6.45, 7) is 2.02. The van der Waals surface area contributed by atoms with Crippen LogP contribution in [0.1, 0.15) is 13.3 Å². The van der Waals surface area contributed by atoms with Crippen LogP contribution in [0.3, 0.4) is 0 Å². The summed E-state index contributed by atoms with van der Waals surface area (Å²) in [5.41, 5.74) is 5.94. The molecule has 0 amide bonds. The van der Waals surface area contributed by atoms with Crippen molar-refractivity contribution in [2.24, 2.45) is 0 Å². The van der Waals surface area contributed by atoms with E-state index in [-0.39, 0.29) is 4.90 Å².